The van der Waals surface area contributed by atoms with Crippen LogP contribution in [0.2, 0.25) is 0 Å². The summed E-state index contributed by atoms with van der Waals surface area (Å²) in [5.74, 6) is 0.407. The highest BCUT2D eigenvalue weighted by Crippen LogP contribution is 2.29. The van der Waals surface area contributed by atoms with E-state index in [1.54, 1.807) is 26.3 Å². The molecule has 0 radical (unpaired) electrons. The Balaban J connectivity index is 0.000000167. The Morgan fingerprint density at radius 1 is 0.667 bits per heavy atom. The summed E-state index contributed by atoms with van der Waals surface area (Å²) in [5, 5.41) is 25.1. The van der Waals surface area contributed by atoms with Crippen LogP contribution in [0.5, 0.6) is 11.8 Å². The fraction of sp³-hybridized carbons (Fsp3) is 0.238. The summed E-state index contributed by atoms with van der Waals surface area (Å²) >= 11 is 0. The minimum atomic E-state index is 0.0204. The predicted molar refractivity (Wildman–Crippen MR) is 216 cm³/mol. The first kappa shape index (κ1) is 35.8. The second-order valence-electron chi connectivity index (χ2n) is 13.5. The van der Waals surface area contributed by atoms with Gasteiger partial charge in [-0.15, -0.1) is 0 Å². The van der Waals surface area contributed by atoms with Crippen LogP contribution in [0.4, 0.5) is 22.7 Å². The molecule has 1 atom stereocenters. The first-order chi connectivity index (χ1) is 26.2. The van der Waals surface area contributed by atoms with Gasteiger partial charge in [-0.2, -0.15) is 0 Å². The molecule has 12 heteroatoms. The normalized spacial score (nSPS) is 16.0. The molecule has 0 bridgehead atoms. The molecule has 2 aliphatic rings. The molecule has 4 aromatic carbocycles. The number of piperazine rings is 1. The number of aromatic nitrogens is 2. The monoisotopic (exact) mass is 724 g/mol. The van der Waals surface area contributed by atoms with Crippen molar-refractivity contribution in [3.63, 3.8) is 0 Å². The number of rotatable bonds is 7. The van der Waals surface area contributed by atoms with E-state index in [0.717, 1.165) is 90.2 Å². The molecule has 2 saturated heterocycles. The number of nitrogens with one attached hydrogen (secondary N) is 3. The van der Waals surface area contributed by atoms with Crippen molar-refractivity contribution in [3.05, 3.63) is 108 Å². The zero-order valence-corrected chi connectivity index (χ0v) is 30.4. The third-order valence-corrected chi connectivity index (χ3v) is 9.89. The zero-order chi connectivity index (χ0) is 37.6. The predicted octanol–water partition coefficient (Wildman–Crippen LogP) is 6.63. The van der Waals surface area contributed by atoms with E-state index in [1.807, 2.05) is 102 Å². The average molecular weight is 725 g/mol. The van der Waals surface area contributed by atoms with Crippen molar-refractivity contribution >= 4 is 68.8 Å². The lowest BCUT2D eigenvalue weighted by atomic mass is 10.2. The third kappa shape index (κ3) is 8.23. The van der Waals surface area contributed by atoms with Crippen LogP contribution < -0.4 is 15.1 Å². The van der Waals surface area contributed by atoms with Crippen LogP contribution >= 0.6 is 0 Å². The fourth-order valence-electron chi connectivity index (χ4n) is 7.02. The molecule has 5 N–H and O–H groups in total. The molecule has 8 rings (SSSR count). The van der Waals surface area contributed by atoms with Gasteiger partial charge < -0.3 is 40.2 Å². The van der Waals surface area contributed by atoms with E-state index in [2.05, 4.69) is 35.1 Å². The van der Waals surface area contributed by atoms with Crippen LogP contribution in [-0.2, 0) is 9.59 Å². The number of carbonyl (C=O) groups is 2. The van der Waals surface area contributed by atoms with E-state index >= 15 is 0 Å². The summed E-state index contributed by atoms with van der Waals surface area (Å²) in [6.45, 7) is 8.12. The maximum atomic E-state index is 11.4. The number of nitrogens with zero attached hydrogens (tertiary/aromatic N) is 5. The summed E-state index contributed by atoms with van der Waals surface area (Å²) in [6, 6.07) is 31.7. The van der Waals surface area contributed by atoms with Crippen molar-refractivity contribution in [1.82, 2.24) is 20.2 Å². The van der Waals surface area contributed by atoms with E-state index in [0.29, 0.717) is 11.1 Å². The van der Waals surface area contributed by atoms with Gasteiger partial charge in [0.05, 0.1) is 22.5 Å². The molecule has 54 heavy (non-hydrogen) atoms. The quantitative estimate of drug-likeness (QED) is 0.117. The number of carbonyl (C=O) groups excluding carboxylic acids is 2. The van der Waals surface area contributed by atoms with Crippen LogP contribution in [0, 0.1) is 0 Å². The molecule has 2 fully saturated rings. The van der Waals surface area contributed by atoms with Gasteiger partial charge in [0, 0.05) is 105 Å². The lowest BCUT2D eigenvalue weighted by Gasteiger charge is -2.35. The lowest BCUT2D eigenvalue weighted by Crippen LogP contribution is -2.48. The second kappa shape index (κ2) is 16.0. The van der Waals surface area contributed by atoms with E-state index in [4.69, 9.17) is 0 Å². The average Bonchev–Trinajstić information content (AvgIpc) is 3.87. The maximum Gasteiger partial charge on any atom is 0.219 e. The standard InChI is InChI=1S/2C21H22N4O2/c1-15(26)24-10-12-25(13-11-24)17-8-6-16(7-9-17)22-14-19-18-4-2-3-5-20(18)23-21(19)27;1-14(26)23-16-10-11-25(13-16)17-8-6-15(7-9-17)22-12-19-18-4-2-3-5-20(18)24-21(19)27/h2-9,14,23,27H,10-13H2,1H3;2-9,12,16,24,27H,10-11,13H2,1H3,(H,23,26). The molecule has 1 unspecified atom stereocenters. The molecule has 6 aromatic rings. The van der Waals surface area contributed by atoms with Gasteiger partial charge in [-0.25, -0.2) is 0 Å². The maximum absolute atomic E-state index is 11.4. The number of para-hydroxylation sites is 2. The zero-order valence-electron chi connectivity index (χ0n) is 30.4. The Hall–Kier alpha value is -6.56. The van der Waals surface area contributed by atoms with Crippen molar-refractivity contribution in [3.8, 4) is 11.8 Å². The SMILES string of the molecule is CC(=O)N1CCN(c2ccc(N=Cc3c(O)[nH]c4ccccc34)cc2)CC1.CC(=O)NC1CCN(c2ccc(N=Cc3c(O)[nH]c4ccccc34)cc2)C1. The van der Waals surface area contributed by atoms with E-state index in [1.165, 1.54) is 0 Å². The van der Waals surface area contributed by atoms with Gasteiger partial charge in [-0.1, -0.05) is 36.4 Å². The van der Waals surface area contributed by atoms with E-state index in [9.17, 15) is 19.8 Å². The second-order valence-corrected chi connectivity index (χ2v) is 13.5. The van der Waals surface area contributed by atoms with Crippen LogP contribution in [0.15, 0.2) is 107 Å². The largest absolute Gasteiger partial charge is 0.494 e. The molecule has 0 aliphatic carbocycles. The molecular formula is C42H44N8O4. The Morgan fingerprint density at radius 2 is 1.15 bits per heavy atom. The summed E-state index contributed by atoms with van der Waals surface area (Å²) in [7, 11) is 0. The van der Waals surface area contributed by atoms with Gasteiger partial charge in [0.1, 0.15) is 0 Å². The number of aromatic amines is 2. The molecular weight excluding hydrogens is 681 g/mol. The Labute approximate surface area is 313 Å². The van der Waals surface area contributed by atoms with Crippen LogP contribution in [0.25, 0.3) is 21.8 Å². The van der Waals surface area contributed by atoms with Gasteiger partial charge in [0.15, 0.2) is 11.8 Å². The molecule has 2 aliphatic heterocycles. The number of aromatic hydroxyl groups is 2. The number of fused-ring (bicyclic) bond motifs is 2. The number of benzene rings is 4. The number of H-pyrrole nitrogens is 2. The van der Waals surface area contributed by atoms with Gasteiger partial charge in [-0.05, 0) is 67.1 Å². The lowest BCUT2D eigenvalue weighted by molar-refractivity contribution is -0.129. The van der Waals surface area contributed by atoms with E-state index in [-0.39, 0.29) is 29.6 Å². The first-order valence-electron chi connectivity index (χ1n) is 18.1. The minimum absolute atomic E-state index is 0.0204. The number of amides is 2. The molecule has 2 amide bonds. The van der Waals surface area contributed by atoms with Crippen molar-refractivity contribution in [2.45, 2.75) is 26.3 Å². The summed E-state index contributed by atoms with van der Waals surface area (Å²) < 4.78 is 0. The summed E-state index contributed by atoms with van der Waals surface area (Å²) in [5.41, 5.74) is 7.05. The Morgan fingerprint density at radius 3 is 1.63 bits per heavy atom. The van der Waals surface area contributed by atoms with Crippen LogP contribution in [0.1, 0.15) is 31.4 Å². The van der Waals surface area contributed by atoms with Crippen LogP contribution in [0.3, 0.4) is 0 Å². The summed E-state index contributed by atoms with van der Waals surface area (Å²) in [6.07, 6.45) is 4.33. The number of hydrogen-bond donors (Lipinski definition) is 5. The highest BCUT2D eigenvalue weighted by molar-refractivity contribution is 6.03. The number of anilines is 2. The van der Waals surface area contributed by atoms with Gasteiger partial charge in [0.2, 0.25) is 11.8 Å². The number of hydrogen-bond acceptors (Lipinski definition) is 8. The molecule has 0 spiro atoms. The van der Waals surface area contributed by atoms with Gasteiger partial charge in [-0.3, -0.25) is 19.6 Å². The Bertz CT molecular complexity index is 2170. The highest BCUT2D eigenvalue weighted by atomic mass is 16.3. The highest BCUT2D eigenvalue weighted by Gasteiger charge is 2.23. The van der Waals surface area contributed by atoms with E-state index < -0.39 is 0 Å². The third-order valence-electron chi connectivity index (χ3n) is 9.89. The molecule has 12 nitrogen and oxygen atoms in total. The number of aliphatic imine (C=N–C) groups is 2. The van der Waals surface area contributed by atoms with Crippen molar-refractivity contribution in [2.24, 2.45) is 9.98 Å². The fourth-order valence-corrected chi connectivity index (χ4v) is 7.02. The minimum Gasteiger partial charge on any atom is -0.494 e. The van der Waals surface area contributed by atoms with Gasteiger partial charge in [0.25, 0.3) is 0 Å². The smallest absolute Gasteiger partial charge is 0.219 e. The Kier molecular flexibility index (Phi) is 10.6. The van der Waals surface area contributed by atoms with Crippen molar-refractivity contribution in [1.29, 1.82) is 0 Å². The summed E-state index contributed by atoms with van der Waals surface area (Å²) in [4.78, 5) is 44.0. The molecule has 276 valence electrons. The molecule has 4 heterocycles. The van der Waals surface area contributed by atoms with Gasteiger partial charge >= 0.3 is 0 Å². The topological polar surface area (TPSA) is 153 Å². The van der Waals surface area contributed by atoms with Crippen molar-refractivity contribution < 1.29 is 19.8 Å². The van der Waals surface area contributed by atoms with Crippen molar-refractivity contribution in [2.75, 3.05) is 49.1 Å². The first-order valence-corrected chi connectivity index (χ1v) is 18.1. The molecule has 0 saturated carbocycles. The van der Waals surface area contributed by atoms with Crippen LogP contribution in [-0.4, -0.2) is 94.6 Å². The molecule has 2 aromatic heterocycles.